The normalized spacial score (nSPS) is 12.4. The standard InChI is InChI=1S/C13H21NO.ClH/c1-8(2)5-12(14)13-9(3)6-11(15)7-10(13)4;/h6-8,12,15H,5,14H2,1-4H3;1H/t12-;/m0./s1. The van der Waals surface area contributed by atoms with E-state index in [4.69, 9.17) is 5.73 Å². The van der Waals surface area contributed by atoms with E-state index in [2.05, 4.69) is 13.8 Å². The van der Waals surface area contributed by atoms with Crippen LogP contribution in [0.15, 0.2) is 12.1 Å². The van der Waals surface area contributed by atoms with E-state index < -0.39 is 0 Å². The first kappa shape index (κ1) is 15.3. The Morgan fingerprint density at radius 1 is 1.19 bits per heavy atom. The Kier molecular flexibility index (Phi) is 5.84. The molecule has 0 fully saturated rings. The van der Waals surface area contributed by atoms with E-state index in [1.54, 1.807) is 12.1 Å². The zero-order chi connectivity index (χ0) is 11.6. The molecule has 1 aromatic rings. The van der Waals surface area contributed by atoms with Gasteiger partial charge in [-0.05, 0) is 55.0 Å². The molecule has 0 radical (unpaired) electrons. The molecule has 0 spiro atoms. The van der Waals surface area contributed by atoms with Crippen LogP contribution in [0.5, 0.6) is 5.75 Å². The van der Waals surface area contributed by atoms with E-state index in [1.165, 1.54) is 5.56 Å². The van der Waals surface area contributed by atoms with Crippen molar-refractivity contribution in [3.05, 3.63) is 28.8 Å². The van der Waals surface area contributed by atoms with E-state index in [9.17, 15) is 5.11 Å². The zero-order valence-corrected chi connectivity index (χ0v) is 11.3. The van der Waals surface area contributed by atoms with Crippen LogP contribution in [-0.2, 0) is 0 Å². The first-order chi connectivity index (χ1) is 6.91. The van der Waals surface area contributed by atoms with Gasteiger partial charge in [0, 0.05) is 6.04 Å². The molecule has 0 bridgehead atoms. The largest absolute Gasteiger partial charge is 0.508 e. The summed E-state index contributed by atoms with van der Waals surface area (Å²) in [6.07, 6.45) is 0.979. The number of halogens is 1. The summed E-state index contributed by atoms with van der Waals surface area (Å²) in [5, 5.41) is 9.44. The minimum atomic E-state index is 0. The average molecular weight is 244 g/mol. The van der Waals surface area contributed by atoms with Gasteiger partial charge in [0.05, 0.1) is 0 Å². The molecule has 0 aromatic heterocycles. The van der Waals surface area contributed by atoms with Crippen molar-refractivity contribution < 1.29 is 5.11 Å². The topological polar surface area (TPSA) is 46.2 Å². The van der Waals surface area contributed by atoms with Gasteiger partial charge < -0.3 is 10.8 Å². The molecule has 0 unspecified atom stereocenters. The van der Waals surface area contributed by atoms with Crippen LogP contribution in [0.3, 0.4) is 0 Å². The Hall–Kier alpha value is -0.730. The van der Waals surface area contributed by atoms with Crippen LogP contribution >= 0.6 is 12.4 Å². The number of hydrogen-bond donors (Lipinski definition) is 2. The number of aromatic hydroxyl groups is 1. The van der Waals surface area contributed by atoms with Gasteiger partial charge in [-0.1, -0.05) is 13.8 Å². The highest BCUT2D eigenvalue weighted by molar-refractivity contribution is 5.85. The van der Waals surface area contributed by atoms with Gasteiger partial charge in [0.25, 0.3) is 0 Å². The first-order valence-electron chi connectivity index (χ1n) is 5.47. The number of rotatable bonds is 3. The summed E-state index contributed by atoms with van der Waals surface area (Å²) in [6.45, 7) is 8.35. The maximum atomic E-state index is 9.44. The Labute approximate surface area is 104 Å². The number of aryl methyl sites for hydroxylation is 2. The van der Waals surface area contributed by atoms with Crippen molar-refractivity contribution in [2.75, 3.05) is 0 Å². The van der Waals surface area contributed by atoms with Gasteiger partial charge in [-0.3, -0.25) is 0 Å². The van der Waals surface area contributed by atoms with Crippen molar-refractivity contribution in [3.63, 3.8) is 0 Å². The minimum Gasteiger partial charge on any atom is -0.508 e. The third-order valence-electron chi connectivity index (χ3n) is 2.67. The van der Waals surface area contributed by atoms with Crippen molar-refractivity contribution in [2.24, 2.45) is 11.7 Å². The molecular weight excluding hydrogens is 222 g/mol. The van der Waals surface area contributed by atoms with Gasteiger partial charge in [-0.25, -0.2) is 0 Å². The number of phenolic OH excluding ortho intramolecular Hbond substituents is 1. The van der Waals surface area contributed by atoms with Crippen molar-refractivity contribution >= 4 is 12.4 Å². The summed E-state index contributed by atoms with van der Waals surface area (Å²) < 4.78 is 0. The Balaban J connectivity index is 0.00000225. The van der Waals surface area contributed by atoms with Crippen LogP contribution in [-0.4, -0.2) is 5.11 Å². The molecule has 16 heavy (non-hydrogen) atoms. The molecule has 1 rings (SSSR count). The summed E-state index contributed by atoms with van der Waals surface area (Å²) in [5.41, 5.74) is 9.52. The first-order valence-corrected chi connectivity index (χ1v) is 5.47. The van der Waals surface area contributed by atoms with Gasteiger partial charge in [0.1, 0.15) is 5.75 Å². The fraction of sp³-hybridized carbons (Fsp3) is 0.538. The van der Waals surface area contributed by atoms with Crippen LogP contribution in [0.4, 0.5) is 0 Å². The third-order valence-corrected chi connectivity index (χ3v) is 2.67. The molecular formula is C13H22ClNO. The molecule has 3 N–H and O–H groups in total. The highest BCUT2D eigenvalue weighted by atomic mass is 35.5. The molecule has 92 valence electrons. The molecule has 2 nitrogen and oxygen atoms in total. The average Bonchev–Trinajstić information content (AvgIpc) is 1.99. The second-order valence-electron chi connectivity index (χ2n) is 4.73. The SMILES string of the molecule is Cc1cc(O)cc(C)c1[C@@H](N)CC(C)C.Cl. The van der Waals surface area contributed by atoms with Crippen molar-refractivity contribution in [2.45, 2.75) is 40.2 Å². The summed E-state index contributed by atoms with van der Waals surface area (Å²) in [6, 6.07) is 3.64. The fourth-order valence-corrected chi connectivity index (χ4v) is 2.16. The lowest BCUT2D eigenvalue weighted by atomic mass is 9.91. The highest BCUT2D eigenvalue weighted by Crippen LogP contribution is 2.28. The molecule has 0 aliphatic carbocycles. The van der Waals surface area contributed by atoms with Gasteiger partial charge in [-0.15, -0.1) is 12.4 Å². The third kappa shape index (κ3) is 3.69. The number of nitrogens with two attached hydrogens (primary N) is 1. The fourth-order valence-electron chi connectivity index (χ4n) is 2.16. The molecule has 1 aromatic carbocycles. The summed E-state index contributed by atoms with van der Waals surface area (Å²) in [7, 11) is 0. The highest BCUT2D eigenvalue weighted by Gasteiger charge is 2.14. The van der Waals surface area contributed by atoms with Gasteiger partial charge in [-0.2, -0.15) is 0 Å². The van der Waals surface area contributed by atoms with Gasteiger partial charge >= 0.3 is 0 Å². The van der Waals surface area contributed by atoms with Crippen LogP contribution in [0.2, 0.25) is 0 Å². The molecule has 0 aliphatic rings. The van der Waals surface area contributed by atoms with Crippen molar-refractivity contribution in [3.8, 4) is 5.75 Å². The van der Waals surface area contributed by atoms with Crippen LogP contribution in [0.25, 0.3) is 0 Å². The monoisotopic (exact) mass is 243 g/mol. The van der Waals surface area contributed by atoms with Gasteiger partial charge in [0.15, 0.2) is 0 Å². The predicted octanol–water partition coefficient (Wildman–Crippen LogP) is 3.48. The Bertz CT molecular complexity index is 327. The number of benzene rings is 1. The maximum Gasteiger partial charge on any atom is 0.116 e. The van der Waals surface area contributed by atoms with E-state index in [0.717, 1.165) is 17.5 Å². The lowest BCUT2D eigenvalue weighted by Gasteiger charge is -2.19. The summed E-state index contributed by atoms with van der Waals surface area (Å²) in [4.78, 5) is 0. The smallest absolute Gasteiger partial charge is 0.116 e. The van der Waals surface area contributed by atoms with Crippen LogP contribution in [0, 0.1) is 19.8 Å². The van der Waals surface area contributed by atoms with Crippen LogP contribution in [0.1, 0.15) is 43.0 Å². The zero-order valence-electron chi connectivity index (χ0n) is 10.4. The quantitative estimate of drug-likeness (QED) is 0.854. The van der Waals surface area contributed by atoms with E-state index in [1.807, 2.05) is 13.8 Å². The number of phenols is 1. The number of hydrogen-bond acceptors (Lipinski definition) is 2. The molecule has 0 saturated heterocycles. The van der Waals surface area contributed by atoms with E-state index in [-0.39, 0.29) is 18.4 Å². The summed E-state index contributed by atoms with van der Waals surface area (Å²) in [5.74, 6) is 0.915. The minimum absolute atomic E-state index is 0. The van der Waals surface area contributed by atoms with Crippen molar-refractivity contribution in [1.29, 1.82) is 0 Å². The Morgan fingerprint density at radius 3 is 2.00 bits per heavy atom. The van der Waals surface area contributed by atoms with Crippen molar-refractivity contribution in [1.82, 2.24) is 0 Å². The predicted molar refractivity (Wildman–Crippen MR) is 71.2 cm³/mol. The molecule has 1 atom stereocenters. The summed E-state index contributed by atoms with van der Waals surface area (Å²) >= 11 is 0. The molecule has 3 heteroatoms. The molecule has 0 aliphatic heterocycles. The second-order valence-corrected chi connectivity index (χ2v) is 4.73. The van der Waals surface area contributed by atoms with Gasteiger partial charge in [0.2, 0.25) is 0 Å². The maximum absolute atomic E-state index is 9.44. The van der Waals surface area contributed by atoms with E-state index in [0.29, 0.717) is 11.7 Å². The Morgan fingerprint density at radius 2 is 1.62 bits per heavy atom. The van der Waals surface area contributed by atoms with E-state index >= 15 is 0 Å². The lowest BCUT2D eigenvalue weighted by Crippen LogP contribution is -2.15. The second kappa shape index (κ2) is 6.12. The van der Waals surface area contributed by atoms with Crippen LogP contribution < -0.4 is 5.73 Å². The lowest BCUT2D eigenvalue weighted by molar-refractivity contribution is 0.471. The molecule has 0 saturated carbocycles. The molecule has 0 amide bonds. The molecule has 0 heterocycles.